The minimum atomic E-state index is -0.516. The Balaban J connectivity index is 1.89. The summed E-state index contributed by atoms with van der Waals surface area (Å²) in [4.78, 5) is 26.9. The van der Waals surface area contributed by atoms with E-state index < -0.39 is 6.03 Å². The van der Waals surface area contributed by atoms with Gasteiger partial charge in [-0.05, 0) is 30.5 Å². The third-order valence-corrected chi connectivity index (χ3v) is 3.72. The third-order valence-electron chi connectivity index (χ3n) is 3.72. The van der Waals surface area contributed by atoms with Crippen molar-refractivity contribution in [1.82, 2.24) is 9.88 Å². The first-order chi connectivity index (χ1) is 12.1. The average Bonchev–Trinajstić information content (AvgIpc) is 2.60. The van der Waals surface area contributed by atoms with Crippen molar-refractivity contribution >= 4 is 11.9 Å². The molecule has 1 aromatic heterocycles. The van der Waals surface area contributed by atoms with Crippen LogP contribution >= 0.6 is 0 Å². The second kappa shape index (κ2) is 10.1. The first-order valence-electron chi connectivity index (χ1n) is 8.45. The number of carbonyl (C=O) groups is 2. The normalized spacial score (nSPS) is 11.3. The van der Waals surface area contributed by atoms with E-state index in [-0.39, 0.29) is 5.91 Å². The molecule has 0 aliphatic heterocycles. The van der Waals surface area contributed by atoms with Gasteiger partial charge in [0.2, 0.25) is 5.91 Å². The number of rotatable bonds is 8. The Labute approximate surface area is 147 Å². The summed E-state index contributed by atoms with van der Waals surface area (Å²) in [5, 5.41) is 2.53. The Morgan fingerprint density at radius 1 is 1.00 bits per heavy atom. The van der Waals surface area contributed by atoms with E-state index >= 15 is 0 Å². The number of nitrogens with one attached hydrogen (secondary N) is 1. The zero-order chi connectivity index (χ0) is 17.9. The lowest BCUT2D eigenvalue weighted by Crippen LogP contribution is -2.29. The molecule has 6 nitrogen and oxygen atoms in total. The maximum absolute atomic E-state index is 12.1. The summed E-state index contributed by atoms with van der Waals surface area (Å²) in [6, 6.07) is 15.2. The van der Waals surface area contributed by atoms with E-state index in [1.165, 1.54) is 0 Å². The summed E-state index contributed by atoms with van der Waals surface area (Å²) in [5.74, 6) is -0.129. The minimum absolute atomic E-state index is 0.129. The highest BCUT2D eigenvalue weighted by Gasteiger charge is 2.01. The van der Waals surface area contributed by atoms with Crippen LogP contribution in [0.4, 0.5) is 4.79 Å². The quantitative estimate of drug-likeness (QED) is 0.721. The minimum Gasteiger partial charge on any atom is -0.352 e. The zero-order valence-electron chi connectivity index (χ0n) is 14.2. The number of benzene rings is 1. The van der Waals surface area contributed by atoms with Gasteiger partial charge in [0.1, 0.15) is 5.49 Å². The van der Waals surface area contributed by atoms with Crippen molar-refractivity contribution in [2.24, 2.45) is 10.7 Å². The number of pyridine rings is 1. The van der Waals surface area contributed by atoms with E-state index in [4.69, 9.17) is 5.73 Å². The molecule has 0 atom stereocenters. The summed E-state index contributed by atoms with van der Waals surface area (Å²) in [6.45, 7) is 1.21. The van der Waals surface area contributed by atoms with Crippen LogP contribution in [-0.2, 0) is 11.3 Å². The highest BCUT2D eigenvalue weighted by Crippen LogP contribution is 2.02. The Kier molecular flexibility index (Phi) is 7.43. The van der Waals surface area contributed by atoms with Crippen molar-refractivity contribution in [2.45, 2.75) is 32.2 Å². The van der Waals surface area contributed by atoms with Crippen LogP contribution in [0.15, 0.2) is 59.7 Å². The van der Waals surface area contributed by atoms with Crippen LogP contribution < -0.4 is 16.5 Å². The molecule has 132 valence electrons. The summed E-state index contributed by atoms with van der Waals surface area (Å²) in [5.41, 5.74) is 6.81. The van der Waals surface area contributed by atoms with Gasteiger partial charge in [0.25, 0.3) is 0 Å². The highest BCUT2D eigenvalue weighted by molar-refractivity contribution is 5.76. The smallest absolute Gasteiger partial charge is 0.312 e. The van der Waals surface area contributed by atoms with Crippen molar-refractivity contribution in [3.8, 4) is 0 Å². The topological polar surface area (TPSA) is 89.5 Å². The predicted octanol–water partition coefficient (Wildman–Crippen LogP) is 2.19. The van der Waals surface area contributed by atoms with Crippen LogP contribution in [-0.4, -0.2) is 23.1 Å². The Morgan fingerprint density at radius 2 is 1.76 bits per heavy atom. The predicted molar refractivity (Wildman–Crippen MR) is 96.6 cm³/mol. The summed E-state index contributed by atoms with van der Waals surface area (Å²) < 4.78 is 1.96. The van der Waals surface area contributed by atoms with Crippen LogP contribution in [0.5, 0.6) is 0 Å². The molecule has 0 bridgehead atoms. The molecule has 0 fully saturated rings. The highest BCUT2D eigenvalue weighted by atomic mass is 16.2. The van der Waals surface area contributed by atoms with Crippen molar-refractivity contribution in [3.05, 3.63) is 65.8 Å². The van der Waals surface area contributed by atoms with Gasteiger partial charge in [-0.3, -0.25) is 4.79 Å². The molecule has 3 N–H and O–H groups in total. The second-order valence-electron chi connectivity index (χ2n) is 5.78. The number of amides is 3. The number of hydrogen-bond acceptors (Lipinski definition) is 2. The Bertz CT molecular complexity index is 753. The molecule has 0 aliphatic carbocycles. The standard InChI is InChI=1S/C19H24N4O2/c20-19(25)21-13-7-2-5-12-18(24)22-17-11-6-8-14-23(17)15-16-9-3-1-4-10-16/h1,3-4,6,8-11,14H,2,5,7,12-13,15H2,(H3,20,21,25). The molecule has 6 heteroatoms. The van der Waals surface area contributed by atoms with Crippen LogP contribution in [0.3, 0.4) is 0 Å². The molecule has 2 aromatic rings. The van der Waals surface area contributed by atoms with Crippen molar-refractivity contribution < 1.29 is 9.59 Å². The number of unbranched alkanes of at least 4 members (excludes halogenated alkanes) is 2. The number of urea groups is 1. The molecule has 0 radical (unpaired) electrons. The molecule has 2 rings (SSSR count). The first kappa shape index (κ1) is 18.4. The molecular formula is C19H24N4O2. The molecule has 0 unspecified atom stereocenters. The molecule has 0 spiro atoms. The van der Waals surface area contributed by atoms with Gasteiger partial charge in [0.05, 0.1) is 0 Å². The number of aromatic nitrogens is 1. The molecule has 0 aliphatic rings. The SMILES string of the molecule is NC(=O)NCCCCCC(=O)N=c1ccccn1Cc1ccccc1. The lowest BCUT2D eigenvalue weighted by atomic mass is 10.2. The van der Waals surface area contributed by atoms with E-state index in [0.29, 0.717) is 25.0 Å². The van der Waals surface area contributed by atoms with Gasteiger partial charge < -0.3 is 15.6 Å². The molecule has 3 amide bonds. The second-order valence-corrected chi connectivity index (χ2v) is 5.78. The van der Waals surface area contributed by atoms with Gasteiger partial charge in [-0.15, -0.1) is 0 Å². The number of hydrogen-bond donors (Lipinski definition) is 2. The summed E-state index contributed by atoms with van der Waals surface area (Å²) in [7, 11) is 0. The number of nitrogens with two attached hydrogens (primary N) is 1. The average molecular weight is 340 g/mol. The van der Waals surface area contributed by atoms with Crippen molar-refractivity contribution in [3.63, 3.8) is 0 Å². The van der Waals surface area contributed by atoms with Gasteiger partial charge in [0, 0.05) is 25.7 Å². The molecule has 1 aromatic carbocycles. The fourth-order valence-electron chi connectivity index (χ4n) is 2.46. The van der Waals surface area contributed by atoms with Crippen LogP contribution in [0, 0.1) is 0 Å². The molecule has 1 heterocycles. The van der Waals surface area contributed by atoms with Crippen molar-refractivity contribution in [2.75, 3.05) is 6.54 Å². The number of nitrogens with zero attached hydrogens (tertiary/aromatic N) is 2. The summed E-state index contributed by atoms with van der Waals surface area (Å²) >= 11 is 0. The van der Waals surface area contributed by atoms with Crippen LogP contribution in [0.2, 0.25) is 0 Å². The maximum Gasteiger partial charge on any atom is 0.312 e. The van der Waals surface area contributed by atoms with Crippen molar-refractivity contribution in [1.29, 1.82) is 0 Å². The van der Waals surface area contributed by atoms with Gasteiger partial charge in [-0.2, -0.15) is 4.99 Å². The fraction of sp³-hybridized carbons (Fsp3) is 0.316. The molecule has 0 saturated carbocycles. The van der Waals surface area contributed by atoms with E-state index in [2.05, 4.69) is 10.3 Å². The fourth-order valence-corrected chi connectivity index (χ4v) is 2.46. The lowest BCUT2D eigenvalue weighted by Gasteiger charge is -2.07. The van der Waals surface area contributed by atoms with Gasteiger partial charge in [-0.25, -0.2) is 4.79 Å². The van der Waals surface area contributed by atoms with Crippen LogP contribution in [0.1, 0.15) is 31.2 Å². The Hall–Kier alpha value is -2.89. The number of carbonyl (C=O) groups excluding carboxylic acids is 2. The molecular weight excluding hydrogens is 316 g/mol. The van der Waals surface area contributed by atoms with E-state index in [0.717, 1.165) is 24.8 Å². The van der Waals surface area contributed by atoms with Gasteiger partial charge in [-0.1, -0.05) is 42.8 Å². The molecule has 25 heavy (non-hydrogen) atoms. The van der Waals surface area contributed by atoms with E-state index in [1.807, 2.05) is 59.3 Å². The largest absolute Gasteiger partial charge is 0.352 e. The van der Waals surface area contributed by atoms with E-state index in [9.17, 15) is 9.59 Å². The van der Waals surface area contributed by atoms with Crippen LogP contribution in [0.25, 0.3) is 0 Å². The first-order valence-corrected chi connectivity index (χ1v) is 8.45. The summed E-state index contributed by atoms with van der Waals surface area (Å²) in [6.07, 6.45) is 4.72. The molecule has 0 saturated heterocycles. The van der Waals surface area contributed by atoms with Gasteiger partial charge >= 0.3 is 6.03 Å². The number of primary amides is 1. The van der Waals surface area contributed by atoms with E-state index in [1.54, 1.807) is 0 Å². The van der Waals surface area contributed by atoms with Gasteiger partial charge in [0.15, 0.2) is 0 Å². The maximum atomic E-state index is 12.1. The monoisotopic (exact) mass is 340 g/mol. The zero-order valence-corrected chi connectivity index (χ0v) is 14.2. The third kappa shape index (κ3) is 7.03. The Morgan fingerprint density at radius 3 is 2.52 bits per heavy atom. The lowest BCUT2D eigenvalue weighted by molar-refractivity contribution is -0.118.